The fourth-order valence-corrected chi connectivity index (χ4v) is 3.15. The van der Waals surface area contributed by atoms with Crippen molar-refractivity contribution in [3.05, 3.63) is 64.4 Å². The normalized spacial score (nSPS) is 16.0. The Morgan fingerprint density at radius 2 is 1.78 bits per heavy atom. The van der Waals surface area contributed by atoms with Crippen molar-refractivity contribution in [2.24, 2.45) is 4.99 Å². The van der Waals surface area contributed by atoms with Gasteiger partial charge < -0.3 is 0 Å². The van der Waals surface area contributed by atoms with Crippen LogP contribution in [-0.4, -0.2) is 26.4 Å². The summed E-state index contributed by atoms with van der Waals surface area (Å²) in [5.41, 5.74) is 4.37. The van der Waals surface area contributed by atoms with Gasteiger partial charge in [-0.1, -0.05) is 29.8 Å². The van der Waals surface area contributed by atoms with E-state index >= 15 is 0 Å². The van der Waals surface area contributed by atoms with E-state index in [9.17, 15) is 0 Å². The molecular formula is C18H15ClN4. The molecule has 1 aliphatic rings. The standard InChI is InChI=1S/C18H15ClN4/c1-18(2)10-11-9-12(19)7-8-13(11)16(21-18)17-20-14-5-3-4-6-15(14)22-23-17/h3-9H,10H2,1-2H3. The molecule has 4 nitrogen and oxygen atoms in total. The third-order valence-electron chi connectivity index (χ3n) is 3.93. The molecule has 0 saturated heterocycles. The quantitative estimate of drug-likeness (QED) is 0.683. The summed E-state index contributed by atoms with van der Waals surface area (Å²) in [6.07, 6.45) is 0.841. The summed E-state index contributed by atoms with van der Waals surface area (Å²) >= 11 is 6.16. The van der Waals surface area contributed by atoms with Crippen LogP contribution in [0.1, 0.15) is 30.8 Å². The van der Waals surface area contributed by atoms with E-state index in [4.69, 9.17) is 16.6 Å². The number of para-hydroxylation sites is 1. The Morgan fingerprint density at radius 1 is 1.00 bits per heavy atom. The van der Waals surface area contributed by atoms with Crippen molar-refractivity contribution < 1.29 is 0 Å². The van der Waals surface area contributed by atoms with Crippen molar-refractivity contribution in [1.29, 1.82) is 0 Å². The predicted octanol–water partition coefficient (Wildman–Crippen LogP) is 3.85. The van der Waals surface area contributed by atoms with Gasteiger partial charge in [-0.05, 0) is 50.1 Å². The second-order valence-corrected chi connectivity index (χ2v) is 6.81. The summed E-state index contributed by atoms with van der Waals surface area (Å²) < 4.78 is 0. The van der Waals surface area contributed by atoms with Crippen molar-refractivity contribution in [3.63, 3.8) is 0 Å². The minimum absolute atomic E-state index is 0.220. The molecule has 3 aromatic rings. The molecule has 0 fully saturated rings. The maximum absolute atomic E-state index is 6.16. The number of rotatable bonds is 1. The molecule has 0 amide bonds. The van der Waals surface area contributed by atoms with Crippen molar-refractivity contribution in [2.75, 3.05) is 0 Å². The highest BCUT2D eigenvalue weighted by atomic mass is 35.5. The van der Waals surface area contributed by atoms with Crippen LogP contribution in [0.15, 0.2) is 47.5 Å². The average Bonchev–Trinajstić information content (AvgIpc) is 2.52. The first kappa shape index (κ1) is 14.3. The molecule has 23 heavy (non-hydrogen) atoms. The molecule has 2 heterocycles. The van der Waals surface area contributed by atoms with Crippen LogP contribution >= 0.6 is 11.6 Å². The Bertz CT molecular complexity index is 947. The first-order valence-electron chi connectivity index (χ1n) is 7.50. The molecule has 0 aliphatic carbocycles. The van der Waals surface area contributed by atoms with E-state index in [0.29, 0.717) is 5.82 Å². The third kappa shape index (κ3) is 2.59. The summed E-state index contributed by atoms with van der Waals surface area (Å²) in [5.74, 6) is 0.556. The molecule has 5 heteroatoms. The SMILES string of the molecule is CC1(C)Cc2cc(Cl)ccc2C(c2nnc3ccccc3n2)=N1. The van der Waals surface area contributed by atoms with Crippen LogP contribution in [0.25, 0.3) is 11.0 Å². The Hall–Kier alpha value is -2.33. The Labute approximate surface area is 139 Å². The van der Waals surface area contributed by atoms with Crippen LogP contribution in [0.3, 0.4) is 0 Å². The number of fused-ring (bicyclic) bond motifs is 2. The van der Waals surface area contributed by atoms with Gasteiger partial charge in [0.1, 0.15) is 11.2 Å². The van der Waals surface area contributed by atoms with Crippen molar-refractivity contribution in [1.82, 2.24) is 15.2 Å². The molecule has 1 aromatic heterocycles. The molecule has 114 valence electrons. The maximum atomic E-state index is 6.16. The van der Waals surface area contributed by atoms with E-state index in [-0.39, 0.29) is 5.54 Å². The smallest absolute Gasteiger partial charge is 0.201 e. The van der Waals surface area contributed by atoms with Crippen LogP contribution in [0.4, 0.5) is 0 Å². The predicted molar refractivity (Wildman–Crippen MR) is 92.2 cm³/mol. The Balaban J connectivity index is 1.93. The molecule has 2 aromatic carbocycles. The highest BCUT2D eigenvalue weighted by Crippen LogP contribution is 2.30. The third-order valence-corrected chi connectivity index (χ3v) is 4.17. The van der Waals surface area contributed by atoms with Crippen molar-refractivity contribution >= 4 is 28.3 Å². The summed E-state index contributed by atoms with van der Waals surface area (Å²) in [6.45, 7) is 4.21. The van der Waals surface area contributed by atoms with Crippen molar-refractivity contribution in [2.45, 2.75) is 25.8 Å². The van der Waals surface area contributed by atoms with Crippen LogP contribution < -0.4 is 0 Å². The highest BCUT2D eigenvalue weighted by Gasteiger charge is 2.29. The first-order chi connectivity index (χ1) is 11.0. The average molecular weight is 323 g/mol. The lowest BCUT2D eigenvalue weighted by atomic mass is 9.86. The lowest BCUT2D eigenvalue weighted by Crippen LogP contribution is -2.30. The van der Waals surface area contributed by atoms with Gasteiger partial charge in [0.2, 0.25) is 5.82 Å². The topological polar surface area (TPSA) is 51.0 Å². The van der Waals surface area contributed by atoms with Gasteiger partial charge in [0.25, 0.3) is 0 Å². The van der Waals surface area contributed by atoms with Gasteiger partial charge in [0.05, 0.1) is 11.1 Å². The molecule has 0 radical (unpaired) electrons. The number of hydrogen-bond acceptors (Lipinski definition) is 4. The largest absolute Gasteiger partial charge is 0.274 e. The number of nitrogens with zero attached hydrogens (tertiary/aromatic N) is 4. The first-order valence-corrected chi connectivity index (χ1v) is 7.88. The molecule has 0 N–H and O–H groups in total. The van der Waals surface area contributed by atoms with Gasteiger partial charge >= 0.3 is 0 Å². The number of aliphatic imine (C=N–C) groups is 1. The van der Waals surface area contributed by atoms with Gasteiger partial charge in [-0.3, -0.25) is 4.99 Å². The number of hydrogen-bond donors (Lipinski definition) is 0. The van der Waals surface area contributed by atoms with Crippen LogP contribution in [0, 0.1) is 0 Å². The zero-order chi connectivity index (χ0) is 16.0. The molecule has 0 atom stereocenters. The molecule has 0 unspecified atom stereocenters. The molecular weight excluding hydrogens is 308 g/mol. The van der Waals surface area contributed by atoms with Crippen molar-refractivity contribution in [3.8, 4) is 0 Å². The van der Waals surface area contributed by atoms with Gasteiger partial charge in [0, 0.05) is 10.6 Å². The molecule has 1 aliphatic heterocycles. The van der Waals surface area contributed by atoms with E-state index in [0.717, 1.165) is 33.8 Å². The zero-order valence-corrected chi connectivity index (χ0v) is 13.7. The minimum atomic E-state index is -0.220. The van der Waals surface area contributed by atoms with Crippen LogP contribution in [0.2, 0.25) is 5.02 Å². The van der Waals surface area contributed by atoms with Gasteiger partial charge in [-0.25, -0.2) is 4.98 Å². The van der Waals surface area contributed by atoms with Gasteiger partial charge in [-0.15, -0.1) is 10.2 Å². The molecule has 0 saturated carbocycles. The summed E-state index contributed by atoms with van der Waals surface area (Å²) in [6, 6.07) is 13.6. The van der Waals surface area contributed by atoms with Crippen LogP contribution in [0.5, 0.6) is 0 Å². The number of halogens is 1. The fourth-order valence-electron chi connectivity index (χ4n) is 2.96. The van der Waals surface area contributed by atoms with E-state index in [1.807, 2.05) is 42.5 Å². The lowest BCUT2D eigenvalue weighted by molar-refractivity contribution is 0.513. The minimum Gasteiger partial charge on any atom is -0.274 e. The molecule has 0 spiro atoms. The monoisotopic (exact) mass is 322 g/mol. The second-order valence-electron chi connectivity index (χ2n) is 6.38. The number of aromatic nitrogens is 3. The fraction of sp³-hybridized carbons (Fsp3) is 0.222. The van der Waals surface area contributed by atoms with Crippen LogP contribution in [-0.2, 0) is 6.42 Å². The lowest BCUT2D eigenvalue weighted by Gasteiger charge is -2.28. The summed E-state index contributed by atoms with van der Waals surface area (Å²) in [7, 11) is 0. The Kier molecular flexibility index (Phi) is 3.16. The molecule has 4 rings (SSSR count). The summed E-state index contributed by atoms with van der Waals surface area (Å²) in [5, 5.41) is 9.30. The van der Waals surface area contributed by atoms with E-state index in [2.05, 4.69) is 29.0 Å². The highest BCUT2D eigenvalue weighted by molar-refractivity contribution is 6.31. The summed E-state index contributed by atoms with van der Waals surface area (Å²) in [4.78, 5) is 9.52. The number of benzene rings is 2. The van der Waals surface area contributed by atoms with Gasteiger partial charge in [0.15, 0.2) is 0 Å². The maximum Gasteiger partial charge on any atom is 0.201 e. The van der Waals surface area contributed by atoms with Gasteiger partial charge in [-0.2, -0.15) is 0 Å². The Morgan fingerprint density at radius 3 is 2.61 bits per heavy atom. The second kappa shape index (κ2) is 5.10. The van der Waals surface area contributed by atoms with E-state index < -0.39 is 0 Å². The van der Waals surface area contributed by atoms with E-state index in [1.165, 1.54) is 5.56 Å². The zero-order valence-electron chi connectivity index (χ0n) is 12.9. The molecule has 0 bridgehead atoms. The van der Waals surface area contributed by atoms with E-state index in [1.54, 1.807) is 0 Å².